The molecule has 0 saturated carbocycles. The summed E-state index contributed by atoms with van der Waals surface area (Å²) in [4.78, 5) is 23.0. The fourth-order valence-electron chi connectivity index (χ4n) is 2.35. The Kier molecular flexibility index (Phi) is 12.9. The Hall–Kier alpha value is 0.1000. The topological polar surface area (TPSA) is 55.4 Å². The molecule has 1 heterocycles. The first-order valence-corrected chi connectivity index (χ1v) is 7.72. The van der Waals surface area contributed by atoms with Gasteiger partial charge in [-0.3, -0.25) is 4.79 Å². The molecule has 1 aliphatic heterocycles. The Morgan fingerprint density at radius 2 is 1.75 bits per heavy atom. The molecule has 1 atom stereocenters. The largest absolute Gasteiger partial charge is 0.392 e. The smallest absolute Gasteiger partial charge is 0.330 e. The van der Waals surface area contributed by atoms with E-state index in [9.17, 15) is 9.59 Å². The Labute approximate surface area is 144 Å². The molecule has 20 heavy (non-hydrogen) atoms. The molecule has 5 heteroatoms. The molecule has 0 bridgehead atoms. The minimum absolute atomic E-state index is 0. The van der Waals surface area contributed by atoms with Gasteiger partial charge in [0.05, 0.1) is 0 Å². The second-order valence-electron chi connectivity index (χ2n) is 5.31. The first kappa shape index (κ1) is 20.1. The second-order valence-corrected chi connectivity index (χ2v) is 5.31. The third kappa shape index (κ3) is 9.11. The summed E-state index contributed by atoms with van der Waals surface area (Å²) in [6, 6.07) is -0.266. The summed E-state index contributed by atoms with van der Waals surface area (Å²) < 4.78 is 4.84. The first-order valence-electron chi connectivity index (χ1n) is 7.72. The van der Waals surface area contributed by atoms with Crippen LogP contribution >= 0.6 is 0 Å². The van der Waals surface area contributed by atoms with Crippen molar-refractivity contribution in [2.24, 2.45) is 0 Å². The molecule has 1 saturated heterocycles. The fraction of sp³-hybridized carbons (Fsp3) is 0.867. The summed E-state index contributed by atoms with van der Waals surface area (Å²) >= 11 is 0. The zero-order valence-corrected chi connectivity index (χ0v) is 15.1. The van der Waals surface area contributed by atoms with Crippen molar-refractivity contribution in [2.45, 2.75) is 77.2 Å². The maximum atomic E-state index is 11.6. The molecule has 0 aromatic rings. The van der Waals surface area contributed by atoms with Crippen molar-refractivity contribution in [3.05, 3.63) is 0 Å². The van der Waals surface area contributed by atoms with Crippen LogP contribution in [0.15, 0.2) is 0 Å². The molecule has 4 nitrogen and oxygen atoms in total. The van der Waals surface area contributed by atoms with Crippen molar-refractivity contribution in [3.63, 3.8) is 0 Å². The molecule has 111 valence electrons. The molecule has 0 spiro atoms. The summed E-state index contributed by atoms with van der Waals surface area (Å²) in [5, 5.41) is 3.03. The molecule has 1 aliphatic rings. The van der Waals surface area contributed by atoms with Crippen molar-refractivity contribution in [1.29, 1.82) is 0 Å². The average Bonchev–Trinajstić information content (AvgIpc) is 2.91. The van der Waals surface area contributed by atoms with Crippen molar-refractivity contribution in [2.75, 3.05) is 6.54 Å². The molecule has 1 rings (SSSR count). The standard InChI is InChI=1S/C15H27NO3.Na/c1-2-3-4-5-6-7-8-11-14(17)19-15(18)13-10-9-12-16-13;/h13,16H,2-12H2,1H3;/t13-;/m0./s1. The van der Waals surface area contributed by atoms with Gasteiger partial charge in [0.2, 0.25) is 0 Å². The van der Waals surface area contributed by atoms with E-state index in [1.54, 1.807) is 0 Å². The second kappa shape index (κ2) is 12.8. The Balaban J connectivity index is 0.00000361. The SMILES string of the molecule is CCCCCCCCCC(=O)OC(=O)[C@@H]1CCCN1.[Na]. The van der Waals surface area contributed by atoms with Gasteiger partial charge in [0.25, 0.3) is 0 Å². The third-order valence-electron chi connectivity index (χ3n) is 3.54. The quantitative estimate of drug-likeness (QED) is 0.307. The van der Waals surface area contributed by atoms with E-state index < -0.39 is 5.97 Å². The van der Waals surface area contributed by atoms with Gasteiger partial charge < -0.3 is 10.1 Å². The molecule has 1 radical (unpaired) electrons. The predicted molar refractivity (Wildman–Crippen MR) is 80.5 cm³/mol. The first-order chi connectivity index (χ1) is 9.24. The summed E-state index contributed by atoms with van der Waals surface area (Å²) in [6.45, 7) is 3.04. The minimum Gasteiger partial charge on any atom is -0.392 e. The predicted octanol–water partition coefficient (Wildman–Crippen LogP) is 2.57. The number of hydrogen-bond donors (Lipinski definition) is 1. The van der Waals surface area contributed by atoms with Crippen LogP contribution in [-0.4, -0.2) is 54.1 Å². The van der Waals surface area contributed by atoms with Crippen LogP contribution in [0.5, 0.6) is 0 Å². The van der Waals surface area contributed by atoms with Crippen LogP contribution in [0.4, 0.5) is 0 Å². The van der Waals surface area contributed by atoms with Gasteiger partial charge in [0, 0.05) is 36.0 Å². The summed E-state index contributed by atoms with van der Waals surface area (Å²) in [7, 11) is 0. The van der Waals surface area contributed by atoms with Crippen LogP contribution in [0.2, 0.25) is 0 Å². The van der Waals surface area contributed by atoms with Gasteiger partial charge in [0.15, 0.2) is 0 Å². The van der Waals surface area contributed by atoms with Crippen LogP contribution < -0.4 is 5.32 Å². The molecule has 0 aromatic heterocycles. The van der Waals surface area contributed by atoms with Crippen LogP contribution in [0.3, 0.4) is 0 Å². The molecule has 1 N–H and O–H groups in total. The summed E-state index contributed by atoms with van der Waals surface area (Å²) in [5.41, 5.74) is 0. The zero-order chi connectivity index (χ0) is 13.9. The molecule has 0 aromatic carbocycles. The van der Waals surface area contributed by atoms with E-state index in [2.05, 4.69) is 12.2 Å². The number of carbonyl (C=O) groups excluding carboxylic acids is 2. The van der Waals surface area contributed by atoms with Gasteiger partial charge >= 0.3 is 11.9 Å². The van der Waals surface area contributed by atoms with Gasteiger partial charge in [-0.15, -0.1) is 0 Å². The maximum absolute atomic E-state index is 11.6. The molecular weight excluding hydrogens is 265 g/mol. The van der Waals surface area contributed by atoms with E-state index in [1.165, 1.54) is 32.1 Å². The van der Waals surface area contributed by atoms with Crippen LogP contribution in [-0.2, 0) is 14.3 Å². The summed E-state index contributed by atoms with van der Waals surface area (Å²) in [5.74, 6) is -0.766. The Morgan fingerprint density at radius 1 is 1.10 bits per heavy atom. The van der Waals surface area contributed by atoms with Gasteiger partial charge in [-0.2, -0.15) is 0 Å². The van der Waals surface area contributed by atoms with E-state index in [4.69, 9.17) is 4.74 Å². The van der Waals surface area contributed by atoms with E-state index in [-0.39, 0.29) is 41.6 Å². The number of nitrogens with one attached hydrogen (secondary N) is 1. The molecular formula is C15H27NNaO3. The fourth-order valence-corrected chi connectivity index (χ4v) is 2.35. The molecule has 0 aliphatic carbocycles. The van der Waals surface area contributed by atoms with E-state index >= 15 is 0 Å². The van der Waals surface area contributed by atoms with Crippen LogP contribution in [0, 0.1) is 0 Å². The Morgan fingerprint density at radius 3 is 2.35 bits per heavy atom. The Bertz CT molecular complexity index is 278. The van der Waals surface area contributed by atoms with E-state index in [0.717, 1.165) is 32.2 Å². The summed E-state index contributed by atoms with van der Waals surface area (Å²) in [6.07, 6.45) is 10.3. The zero-order valence-electron chi connectivity index (χ0n) is 13.1. The number of hydrogen-bond acceptors (Lipinski definition) is 4. The number of rotatable bonds is 9. The number of carbonyl (C=O) groups is 2. The van der Waals surface area contributed by atoms with Crippen molar-refractivity contribution < 1.29 is 14.3 Å². The normalized spacial score (nSPS) is 17.6. The molecule has 0 unspecified atom stereocenters. The van der Waals surface area contributed by atoms with Gasteiger partial charge in [-0.25, -0.2) is 4.79 Å². The monoisotopic (exact) mass is 292 g/mol. The molecule has 0 amide bonds. The number of esters is 2. The minimum atomic E-state index is -0.398. The van der Waals surface area contributed by atoms with Gasteiger partial charge in [-0.1, -0.05) is 45.4 Å². The van der Waals surface area contributed by atoms with Crippen molar-refractivity contribution in [3.8, 4) is 0 Å². The average molecular weight is 292 g/mol. The maximum Gasteiger partial charge on any atom is 0.330 e. The van der Waals surface area contributed by atoms with Crippen LogP contribution in [0.1, 0.15) is 71.1 Å². The van der Waals surface area contributed by atoms with Gasteiger partial charge in [0.1, 0.15) is 6.04 Å². The van der Waals surface area contributed by atoms with Crippen LogP contribution in [0.25, 0.3) is 0 Å². The molecule has 1 fully saturated rings. The van der Waals surface area contributed by atoms with Crippen molar-refractivity contribution >= 4 is 41.5 Å². The van der Waals surface area contributed by atoms with E-state index in [1.807, 2.05) is 0 Å². The van der Waals surface area contributed by atoms with Gasteiger partial charge in [-0.05, 0) is 25.8 Å². The van der Waals surface area contributed by atoms with Crippen molar-refractivity contribution in [1.82, 2.24) is 5.32 Å². The number of ether oxygens (including phenoxy) is 1. The van der Waals surface area contributed by atoms with E-state index in [0.29, 0.717) is 6.42 Å². The third-order valence-corrected chi connectivity index (χ3v) is 3.54. The number of unbranched alkanes of at least 4 members (excludes halogenated alkanes) is 6.